The first-order chi connectivity index (χ1) is 17.9. The average molecular weight is 476 g/mol. The van der Waals surface area contributed by atoms with Crippen LogP contribution in [0.25, 0.3) is 75.0 Å². The maximum absolute atomic E-state index is 3.79. The van der Waals surface area contributed by atoms with Crippen molar-refractivity contribution < 1.29 is 0 Å². The molecule has 8 aromatic rings. The number of H-pyrrole nitrogens is 1. The molecule has 6 aromatic carbocycles. The van der Waals surface area contributed by atoms with E-state index in [1.165, 1.54) is 75.0 Å². The third kappa shape index (κ3) is 2.76. The van der Waals surface area contributed by atoms with Crippen molar-refractivity contribution >= 4 is 64.1 Å². The predicted octanol–water partition coefficient (Wildman–Crippen LogP) is 10.2. The van der Waals surface area contributed by atoms with Gasteiger partial charge in [-0.3, -0.25) is 0 Å². The fourth-order valence-electron chi connectivity index (χ4n) is 5.84. The van der Waals surface area contributed by atoms with Gasteiger partial charge in [0.2, 0.25) is 0 Å². The van der Waals surface area contributed by atoms with E-state index in [1.807, 2.05) is 11.3 Å². The van der Waals surface area contributed by atoms with Crippen molar-refractivity contribution in [2.24, 2.45) is 0 Å². The second kappa shape index (κ2) is 7.55. The van der Waals surface area contributed by atoms with E-state index >= 15 is 0 Å². The van der Waals surface area contributed by atoms with E-state index in [0.29, 0.717) is 0 Å². The molecule has 0 aliphatic heterocycles. The van der Waals surface area contributed by atoms with Gasteiger partial charge < -0.3 is 4.98 Å². The second-order valence-corrected chi connectivity index (χ2v) is 10.4. The second-order valence-electron chi connectivity index (χ2n) is 9.39. The van der Waals surface area contributed by atoms with Gasteiger partial charge in [0.25, 0.3) is 0 Å². The summed E-state index contributed by atoms with van der Waals surface area (Å²) in [5, 5.41) is 7.78. The number of hydrogen-bond donors (Lipinski definition) is 1. The minimum Gasteiger partial charge on any atom is -0.353 e. The SMILES string of the molecule is c1ccc(-c2cccc3[nH]c4c(ccc5c6ccccc6sc54)c23)c(-c2cccc3ccccc23)c1. The molecule has 2 aromatic heterocycles. The lowest BCUT2D eigenvalue weighted by Gasteiger charge is -2.14. The molecular formula is C34H21NS. The Morgan fingerprint density at radius 1 is 0.444 bits per heavy atom. The molecule has 0 bridgehead atoms. The highest BCUT2D eigenvalue weighted by Gasteiger charge is 2.17. The molecule has 0 fully saturated rings. The monoisotopic (exact) mass is 475 g/mol. The Hall–Kier alpha value is -4.40. The van der Waals surface area contributed by atoms with E-state index in [2.05, 4.69) is 126 Å². The highest BCUT2D eigenvalue weighted by Crippen LogP contribution is 2.44. The van der Waals surface area contributed by atoms with Gasteiger partial charge in [-0.2, -0.15) is 0 Å². The molecule has 168 valence electrons. The van der Waals surface area contributed by atoms with Gasteiger partial charge in [0.1, 0.15) is 0 Å². The largest absolute Gasteiger partial charge is 0.353 e. The molecule has 0 saturated carbocycles. The molecule has 0 spiro atoms. The quantitative estimate of drug-likeness (QED) is 0.256. The van der Waals surface area contributed by atoms with Crippen LogP contribution in [0.1, 0.15) is 0 Å². The lowest BCUT2D eigenvalue weighted by Crippen LogP contribution is -1.87. The van der Waals surface area contributed by atoms with Crippen molar-refractivity contribution in [1.29, 1.82) is 0 Å². The topological polar surface area (TPSA) is 15.8 Å². The van der Waals surface area contributed by atoms with Crippen LogP contribution in [0.3, 0.4) is 0 Å². The summed E-state index contributed by atoms with van der Waals surface area (Å²) in [6.07, 6.45) is 0. The minimum absolute atomic E-state index is 1.18. The van der Waals surface area contributed by atoms with Gasteiger partial charge in [0, 0.05) is 31.8 Å². The number of thiophene rings is 1. The number of rotatable bonds is 2. The van der Waals surface area contributed by atoms with E-state index in [9.17, 15) is 0 Å². The molecule has 0 aliphatic rings. The molecule has 1 N–H and O–H groups in total. The van der Waals surface area contributed by atoms with Crippen molar-refractivity contribution in [2.75, 3.05) is 0 Å². The molecule has 2 heterocycles. The Morgan fingerprint density at radius 2 is 1.08 bits per heavy atom. The summed E-state index contributed by atoms with van der Waals surface area (Å²) in [7, 11) is 0. The Morgan fingerprint density at radius 3 is 2.00 bits per heavy atom. The maximum Gasteiger partial charge on any atom is 0.0646 e. The Bertz CT molecular complexity index is 2100. The molecule has 2 heteroatoms. The van der Waals surface area contributed by atoms with Gasteiger partial charge >= 0.3 is 0 Å². The molecule has 0 amide bonds. The van der Waals surface area contributed by atoms with Crippen molar-refractivity contribution in [3.05, 3.63) is 121 Å². The van der Waals surface area contributed by atoms with Gasteiger partial charge in [0.15, 0.2) is 0 Å². The molecular weight excluding hydrogens is 454 g/mol. The van der Waals surface area contributed by atoms with Crippen molar-refractivity contribution in [1.82, 2.24) is 4.98 Å². The highest BCUT2D eigenvalue weighted by atomic mass is 32.1. The van der Waals surface area contributed by atoms with Crippen LogP contribution in [0.5, 0.6) is 0 Å². The molecule has 0 unspecified atom stereocenters. The van der Waals surface area contributed by atoms with Crippen LogP contribution in [0.2, 0.25) is 0 Å². The van der Waals surface area contributed by atoms with Crippen molar-refractivity contribution in [3.63, 3.8) is 0 Å². The molecule has 0 aliphatic carbocycles. The van der Waals surface area contributed by atoms with Crippen LogP contribution in [-0.2, 0) is 0 Å². The predicted molar refractivity (Wildman–Crippen MR) is 157 cm³/mol. The summed E-state index contributed by atoms with van der Waals surface area (Å²) in [6, 6.07) is 44.1. The summed E-state index contributed by atoms with van der Waals surface area (Å²) < 4.78 is 2.67. The van der Waals surface area contributed by atoms with Crippen LogP contribution in [0, 0.1) is 0 Å². The van der Waals surface area contributed by atoms with Gasteiger partial charge in [-0.1, -0.05) is 109 Å². The van der Waals surface area contributed by atoms with Gasteiger partial charge in [-0.05, 0) is 45.2 Å². The first kappa shape index (κ1) is 19.9. The van der Waals surface area contributed by atoms with Crippen molar-refractivity contribution in [3.8, 4) is 22.3 Å². The van der Waals surface area contributed by atoms with E-state index in [-0.39, 0.29) is 0 Å². The third-order valence-electron chi connectivity index (χ3n) is 7.44. The molecule has 36 heavy (non-hydrogen) atoms. The number of hydrogen-bond acceptors (Lipinski definition) is 1. The Labute approximate surface area is 212 Å². The summed E-state index contributed by atoms with van der Waals surface area (Å²) in [5.41, 5.74) is 7.48. The normalized spacial score (nSPS) is 11.9. The zero-order chi connectivity index (χ0) is 23.6. The lowest BCUT2D eigenvalue weighted by atomic mass is 9.89. The molecule has 8 rings (SSSR count). The summed E-state index contributed by atoms with van der Waals surface area (Å²) in [6.45, 7) is 0. The van der Waals surface area contributed by atoms with Crippen molar-refractivity contribution in [2.45, 2.75) is 0 Å². The van der Waals surface area contributed by atoms with E-state index in [4.69, 9.17) is 0 Å². The van der Waals surface area contributed by atoms with Crippen LogP contribution in [0.4, 0.5) is 0 Å². The maximum atomic E-state index is 3.79. The molecule has 0 radical (unpaired) electrons. The summed E-state index contributed by atoms with van der Waals surface area (Å²) >= 11 is 1.88. The summed E-state index contributed by atoms with van der Waals surface area (Å²) in [5.74, 6) is 0. The highest BCUT2D eigenvalue weighted by molar-refractivity contribution is 7.26. The van der Waals surface area contributed by atoms with Gasteiger partial charge in [-0.15, -0.1) is 11.3 Å². The van der Waals surface area contributed by atoms with Gasteiger partial charge in [0.05, 0.1) is 10.2 Å². The fraction of sp³-hybridized carbons (Fsp3) is 0. The lowest BCUT2D eigenvalue weighted by molar-refractivity contribution is 1.56. The number of benzene rings is 6. The number of fused-ring (bicyclic) bond motifs is 8. The minimum atomic E-state index is 1.18. The zero-order valence-electron chi connectivity index (χ0n) is 19.5. The van der Waals surface area contributed by atoms with E-state index in [1.54, 1.807) is 0 Å². The van der Waals surface area contributed by atoms with E-state index < -0.39 is 0 Å². The molecule has 0 saturated heterocycles. The number of nitrogens with one attached hydrogen (secondary N) is 1. The van der Waals surface area contributed by atoms with Crippen LogP contribution < -0.4 is 0 Å². The average Bonchev–Trinajstić information content (AvgIpc) is 3.51. The zero-order valence-corrected chi connectivity index (χ0v) is 20.3. The first-order valence-corrected chi connectivity index (χ1v) is 13.1. The van der Waals surface area contributed by atoms with Crippen LogP contribution in [0.15, 0.2) is 121 Å². The Balaban J connectivity index is 1.45. The fourth-order valence-corrected chi connectivity index (χ4v) is 7.05. The van der Waals surface area contributed by atoms with Crippen LogP contribution >= 0.6 is 11.3 Å². The molecule has 0 atom stereocenters. The van der Waals surface area contributed by atoms with E-state index in [0.717, 1.165) is 0 Å². The smallest absolute Gasteiger partial charge is 0.0646 e. The van der Waals surface area contributed by atoms with Gasteiger partial charge in [-0.25, -0.2) is 0 Å². The number of aromatic nitrogens is 1. The number of aromatic amines is 1. The third-order valence-corrected chi connectivity index (χ3v) is 8.64. The first-order valence-electron chi connectivity index (χ1n) is 12.3. The molecule has 1 nitrogen and oxygen atoms in total. The summed E-state index contributed by atoms with van der Waals surface area (Å²) in [4.78, 5) is 3.79. The standard InChI is InChI=1S/C34H21NS/c1-2-11-22-21(9-1)10-7-15-23(22)24-12-3-4-13-25(24)27-16-8-17-30-32(27)29-20-19-28-26-14-5-6-18-31(26)36-34(28)33(29)35-30/h1-20,35H. The Kier molecular flexibility index (Phi) is 4.16. The van der Waals surface area contributed by atoms with Crippen LogP contribution in [-0.4, -0.2) is 4.98 Å².